The Labute approximate surface area is 193 Å². The fraction of sp³-hybridized carbons (Fsp3) is 0.318. The van der Waals surface area contributed by atoms with E-state index in [1.807, 2.05) is 30.3 Å². The Morgan fingerprint density at radius 1 is 1.13 bits per heavy atom. The molecular weight excluding hydrogens is 452 g/mol. The van der Waals surface area contributed by atoms with E-state index in [0.717, 1.165) is 36.2 Å². The molecule has 2 aromatic rings. The summed E-state index contributed by atoms with van der Waals surface area (Å²) in [6.07, 6.45) is 4.19. The third-order valence-corrected chi connectivity index (χ3v) is 7.48. The number of halogens is 2. The number of aliphatic imine (C=N–C) groups is 1. The molecule has 0 aromatic heterocycles. The predicted molar refractivity (Wildman–Crippen MR) is 133 cm³/mol. The zero-order valence-corrected chi connectivity index (χ0v) is 20.2. The van der Waals surface area contributed by atoms with Gasteiger partial charge in [-0.05, 0) is 62.2 Å². The molecule has 2 heterocycles. The molecule has 31 heavy (non-hydrogen) atoms. The van der Waals surface area contributed by atoms with Crippen LogP contribution in [0.5, 0.6) is 0 Å². The Morgan fingerprint density at radius 2 is 1.87 bits per heavy atom. The largest absolute Gasteiger partial charge is 0.331 e. The molecule has 0 amide bonds. The summed E-state index contributed by atoms with van der Waals surface area (Å²) in [4.78, 5) is 6.88. The molecule has 0 saturated heterocycles. The van der Waals surface area contributed by atoms with Crippen molar-refractivity contribution >= 4 is 53.2 Å². The van der Waals surface area contributed by atoms with Gasteiger partial charge >= 0.3 is 0 Å². The molecule has 164 valence electrons. The summed E-state index contributed by atoms with van der Waals surface area (Å²) in [6, 6.07) is 11.6. The predicted octanol–water partition coefficient (Wildman–Crippen LogP) is 4.47. The highest BCUT2D eigenvalue weighted by Crippen LogP contribution is 2.39. The molecule has 0 bridgehead atoms. The summed E-state index contributed by atoms with van der Waals surface area (Å²) in [5, 5.41) is 11.8. The van der Waals surface area contributed by atoms with Gasteiger partial charge in [-0.1, -0.05) is 35.3 Å². The van der Waals surface area contributed by atoms with E-state index in [9.17, 15) is 4.57 Å². The maximum Gasteiger partial charge on any atom is 0.288 e. The van der Waals surface area contributed by atoms with E-state index in [2.05, 4.69) is 39.0 Å². The van der Waals surface area contributed by atoms with E-state index in [1.54, 1.807) is 25.7 Å². The van der Waals surface area contributed by atoms with Crippen LogP contribution in [-0.2, 0) is 17.5 Å². The second-order valence-corrected chi connectivity index (χ2v) is 12.4. The van der Waals surface area contributed by atoms with Crippen LogP contribution in [0.1, 0.15) is 11.1 Å². The third kappa shape index (κ3) is 4.93. The van der Waals surface area contributed by atoms with Gasteiger partial charge in [0, 0.05) is 36.5 Å². The Bertz CT molecular complexity index is 1110. The number of likely N-dealkylation sites (N-methyl/N-ethyl adjacent to an activating group) is 1. The molecule has 2 aromatic carbocycles. The van der Waals surface area contributed by atoms with E-state index < -0.39 is 13.1 Å². The van der Waals surface area contributed by atoms with E-state index in [4.69, 9.17) is 23.2 Å². The van der Waals surface area contributed by atoms with Crippen LogP contribution in [0.2, 0.25) is 5.02 Å². The molecule has 6 nitrogen and oxygen atoms in total. The molecule has 1 atom stereocenters. The molecule has 4 rings (SSSR count). The normalized spacial score (nSPS) is 21.1. The number of nitrogens with zero attached hydrogens (tertiary/aromatic N) is 2. The second-order valence-electron chi connectivity index (χ2n) is 8.35. The first-order valence-corrected chi connectivity index (χ1v) is 13.4. The highest BCUT2D eigenvalue weighted by Gasteiger charge is 2.33. The number of benzene rings is 2. The lowest BCUT2D eigenvalue weighted by molar-refractivity contribution is 0.313. The van der Waals surface area contributed by atoms with E-state index in [0.29, 0.717) is 10.1 Å². The highest BCUT2D eigenvalue weighted by atomic mass is 35.5. The average Bonchev–Trinajstić information content (AvgIpc) is 2.71. The smallest absolute Gasteiger partial charge is 0.288 e. The summed E-state index contributed by atoms with van der Waals surface area (Å²) >= 11 is 12.8. The lowest BCUT2D eigenvalue weighted by atomic mass is 9.99. The topological polar surface area (TPSA) is 68.8 Å². The fourth-order valence-electron chi connectivity index (χ4n) is 3.83. The Balaban J connectivity index is 1.71. The first-order chi connectivity index (χ1) is 14.7. The maximum absolute atomic E-state index is 12.9. The van der Waals surface area contributed by atoms with Crippen LogP contribution in [0.4, 0.5) is 11.4 Å². The highest BCUT2D eigenvalue weighted by molar-refractivity contribution is 7.70. The number of hydrogen-bond acceptors (Lipinski definition) is 6. The quantitative estimate of drug-likeness (QED) is 0.437. The summed E-state index contributed by atoms with van der Waals surface area (Å²) in [7, 11) is -0.414. The van der Waals surface area contributed by atoms with Gasteiger partial charge in [-0.15, -0.1) is 0 Å². The minimum Gasteiger partial charge on any atom is -0.331 e. The number of para-hydroxylation sites is 1. The van der Waals surface area contributed by atoms with Gasteiger partial charge < -0.3 is 25.4 Å². The zero-order chi connectivity index (χ0) is 22.2. The SMILES string of the molecule is CN1CCc2cc(NC3(Nc4ccccc4P(C)(C)=O)N=CC(Cl)=CN3)c(Cl)cc2C1. The van der Waals surface area contributed by atoms with E-state index in [1.165, 1.54) is 11.1 Å². The number of rotatable bonds is 5. The molecule has 0 radical (unpaired) electrons. The van der Waals surface area contributed by atoms with Crippen molar-refractivity contribution < 1.29 is 4.57 Å². The summed E-state index contributed by atoms with van der Waals surface area (Å²) < 4.78 is 12.9. The third-order valence-electron chi connectivity index (χ3n) is 5.41. The van der Waals surface area contributed by atoms with E-state index in [-0.39, 0.29) is 0 Å². The molecule has 2 aliphatic rings. The number of hydrogen-bond donors (Lipinski definition) is 3. The van der Waals surface area contributed by atoms with Crippen LogP contribution < -0.4 is 21.3 Å². The van der Waals surface area contributed by atoms with Gasteiger partial charge in [-0.3, -0.25) is 0 Å². The first-order valence-electron chi connectivity index (χ1n) is 10.0. The van der Waals surface area contributed by atoms with Crippen molar-refractivity contribution in [2.75, 3.05) is 37.6 Å². The summed E-state index contributed by atoms with van der Waals surface area (Å²) in [5.41, 5.74) is 3.97. The molecular formula is C22H26Cl2N5OP. The van der Waals surface area contributed by atoms with Crippen LogP contribution >= 0.6 is 30.3 Å². The standard InChI is InChI=1S/C22H26Cl2N5OP/c1-29-9-8-15-11-20(18(24)10-16(15)14-29)28-22(25-12-17(23)13-26-22)27-19-6-4-5-7-21(19)31(2,3)30/h4-7,10-13,25,27-28H,8-9,14H2,1-3H3. The lowest BCUT2D eigenvalue weighted by Crippen LogP contribution is -2.56. The molecule has 0 spiro atoms. The van der Waals surface area contributed by atoms with Gasteiger partial charge in [-0.25, -0.2) is 4.99 Å². The van der Waals surface area contributed by atoms with Crippen LogP contribution in [0, 0.1) is 0 Å². The lowest BCUT2D eigenvalue weighted by Gasteiger charge is -2.36. The van der Waals surface area contributed by atoms with Gasteiger partial charge in [0.25, 0.3) is 5.91 Å². The van der Waals surface area contributed by atoms with Crippen molar-refractivity contribution in [1.82, 2.24) is 10.2 Å². The van der Waals surface area contributed by atoms with Crippen molar-refractivity contribution in [2.24, 2.45) is 4.99 Å². The van der Waals surface area contributed by atoms with Crippen molar-refractivity contribution in [3.8, 4) is 0 Å². The number of anilines is 2. The van der Waals surface area contributed by atoms with Crippen molar-refractivity contribution in [3.05, 3.63) is 63.8 Å². The number of fused-ring (bicyclic) bond motifs is 1. The minimum absolute atomic E-state index is 0.476. The maximum atomic E-state index is 12.9. The van der Waals surface area contributed by atoms with Crippen molar-refractivity contribution in [1.29, 1.82) is 0 Å². The summed E-state index contributed by atoms with van der Waals surface area (Å²) in [6.45, 7) is 5.38. The van der Waals surface area contributed by atoms with Gasteiger partial charge in [0.2, 0.25) is 0 Å². The van der Waals surface area contributed by atoms with Gasteiger partial charge in [0.05, 0.1) is 15.7 Å². The summed E-state index contributed by atoms with van der Waals surface area (Å²) in [5.74, 6) is -1.15. The van der Waals surface area contributed by atoms with Crippen molar-refractivity contribution in [2.45, 2.75) is 18.9 Å². The Kier molecular flexibility index (Phi) is 6.10. The van der Waals surface area contributed by atoms with Crippen LogP contribution in [0.15, 0.2) is 52.6 Å². The Hall–Kier alpha value is -1.98. The van der Waals surface area contributed by atoms with Gasteiger partial charge in [0.15, 0.2) is 0 Å². The minimum atomic E-state index is -2.52. The van der Waals surface area contributed by atoms with Gasteiger partial charge in [0.1, 0.15) is 7.14 Å². The second kappa shape index (κ2) is 8.51. The molecule has 3 N–H and O–H groups in total. The van der Waals surface area contributed by atoms with Gasteiger partial charge in [-0.2, -0.15) is 0 Å². The molecule has 0 fully saturated rings. The first kappa shape index (κ1) is 22.2. The number of allylic oxidation sites excluding steroid dienone is 1. The van der Waals surface area contributed by atoms with Crippen LogP contribution in [0.3, 0.4) is 0 Å². The average molecular weight is 478 g/mol. The molecule has 0 saturated carbocycles. The number of nitrogens with one attached hydrogen (secondary N) is 3. The van der Waals surface area contributed by atoms with Crippen molar-refractivity contribution in [3.63, 3.8) is 0 Å². The molecule has 2 aliphatic heterocycles. The molecule has 1 unspecified atom stereocenters. The monoisotopic (exact) mass is 477 g/mol. The van der Waals surface area contributed by atoms with Crippen LogP contribution in [0.25, 0.3) is 0 Å². The van der Waals surface area contributed by atoms with Crippen LogP contribution in [-0.4, -0.2) is 43.9 Å². The molecule has 0 aliphatic carbocycles. The Morgan fingerprint density at radius 3 is 2.58 bits per heavy atom. The fourth-order valence-corrected chi connectivity index (χ4v) is 5.32. The zero-order valence-electron chi connectivity index (χ0n) is 17.7. The molecule has 9 heteroatoms. The van der Waals surface area contributed by atoms with E-state index >= 15 is 0 Å².